The maximum Gasteiger partial charge on any atom is 0.433 e. The fourth-order valence-electron chi connectivity index (χ4n) is 2.93. The van der Waals surface area contributed by atoms with Gasteiger partial charge >= 0.3 is 6.18 Å². The molecule has 0 aliphatic carbocycles. The highest BCUT2D eigenvalue weighted by atomic mass is 19.4. The van der Waals surface area contributed by atoms with E-state index in [4.69, 9.17) is 0 Å². The van der Waals surface area contributed by atoms with Gasteiger partial charge in [0.1, 0.15) is 17.8 Å². The second-order valence-electron chi connectivity index (χ2n) is 6.33. The second kappa shape index (κ2) is 7.38. The van der Waals surface area contributed by atoms with Crippen molar-refractivity contribution in [2.75, 3.05) is 25.0 Å². The summed E-state index contributed by atoms with van der Waals surface area (Å²) >= 11 is 0. The lowest BCUT2D eigenvalue weighted by molar-refractivity contribution is -0.141. The molecule has 1 aliphatic heterocycles. The van der Waals surface area contributed by atoms with Gasteiger partial charge in [0.2, 0.25) is 0 Å². The number of aromatic nitrogens is 4. The van der Waals surface area contributed by atoms with Gasteiger partial charge in [-0.05, 0) is 25.3 Å². The van der Waals surface area contributed by atoms with Gasteiger partial charge in [-0.3, -0.25) is 4.68 Å². The topological polar surface area (TPSA) is 58.9 Å². The van der Waals surface area contributed by atoms with E-state index in [1.807, 2.05) is 24.0 Å². The molecule has 1 aliphatic rings. The van der Waals surface area contributed by atoms with Gasteiger partial charge in [0.25, 0.3) is 0 Å². The first-order valence-corrected chi connectivity index (χ1v) is 8.27. The maximum atomic E-state index is 12.7. The molecule has 3 rings (SSSR count). The highest BCUT2D eigenvalue weighted by Crippen LogP contribution is 2.28. The molecule has 0 aromatic carbocycles. The van der Waals surface area contributed by atoms with E-state index in [0.717, 1.165) is 57.0 Å². The summed E-state index contributed by atoms with van der Waals surface area (Å²) < 4.78 is 40.0. The lowest BCUT2D eigenvalue weighted by Crippen LogP contribution is -2.40. The van der Waals surface area contributed by atoms with Crippen molar-refractivity contribution >= 4 is 5.82 Å². The van der Waals surface area contributed by atoms with Crippen LogP contribution in [0.15, 0.2) is 24.8 Å². The Hall–Kier alpha value is -2.16. The molecule has 2 aromatic heterocycles. The monoisotopic (exact) mass is 354 g/mol. The third-order valence-corrected chi connectivity index (χ3v) is 4.30. The Balaban J connectivity index is 1.46. The average molecular weight is 354 g/mol. The number of anilines is 1. The number of hydrogen-bond acceptors (Lipinski definition) is 5. The third kappa shape index (κ3) is 4.91. The van der Waals surface area contributed by atoms with Crippen molar-refractivity contribution in [1.82, 2.24) is 24.6 Å². The Morgan fingerprint density at radius 2 is 1.96 bits per heavy atom. The van der Waals surface area contributed by atoms with Crippen LogP contribution in [0.1, 0.15) is 24.1 Å². The highest BCUT2D eigenvalue weighted by molar-refractivity contribution is 5.36. The molecule has 0 radical (unpaired) electrons. The quantitative estimate of drug-likeness (QED) is 0.894. The number of nitrogens with zero attached hydrogens (tertiary/aromatic N) is 5. The number of hydrogen-bond donors (Lipinski definition) is 1. The van der Waals surface area contributed by atoms with Crippen LogP contribution >= 0.6 is 0 Å². The van der Waals surface area contributed by atoms with Crippen molar-refractivity contribution < 1.29 is 13.2 Å². The van der Waals surface area contributed by atoms with Crippen molar-refractivity contribution in [3.63, 3.8) is 0 Å². The number of aryl methyl sites for hydroxylation is 1. The van der Waals surface area contributed by atoms with Gasteiger partial charge in [0.05, 0.1) is 12.7 Å². The molecule has 0 spiro atoms. The van der Waals surface area contributed by atoms with E-state index in [1.165, 1.54) is 0 Å². The Labute approximate surface area is 144 Å². The maximum absolute atomic E-state index is 12.7. The summed E-state index contributed by atoms with van der Waals surface area (Å²) in [6.07, 6.45) is 2.08. The molecule has 0 amide bonds. The second-order valence-corrected chi connectivity index (χ2v) is 6.33. The van der Waals surface area contributed by atoms with Crippen molar-refractivity contribution in [3.8, 4) is 0 Å². The molecule has 0 atom stereocenters. The molecule has 3 heterocycles. The average Bonchev–Trinajstić information content (AvgIpc) is 2.99. The number of alkyl halides is 3. The minimum absolute atomic E-state index is 0.124. The summed E-state index contributed by atoms with van der Waals surface area (Å²) in [6, 6.07) is 1.09. The fourth-order valence-corrected chi connectivity index (χ4v) is 2.93. The van der Waals surface area contributed by atoms with Gasteiger partial charge in [0, 0.05) is 37.9 Å². The van der Waals surface area contributed by atoms with Gasteiger partial charge in [-0.2, -0.15) is 18.3 Å². The molecule has 1 N–H and O–H groups in total. The normalized spacial score (nSPS) is 17.0. The summed E-state index contributed by atoms with van der Waals surface area (Å²) in [5.74, 6) is 0.229. The molecule has 6 nitrogen and oxygen atoms in total. The van der Waals surface area contributed by atoms with Crippen LogP contribution in [-0.2, 0) is 12.7 Å². The minimum Gasteiger partial charge on any atom is -0.367 e. The van der Waals surface area contributed by atoms with Crippen LogP contribution in [0.5, 0.6) is 0 Å². The van der Waals surface area contributed by atoms with Gasteiger partial charge < -0.3 is 10.2 Å². The molecule has 25 heavy (non-hydrogen) atoms. The van der Waals surface area contributed by atoms with Crippen molar-refractivity contribution in [2.45, 2.75) is 38.5 Å². The largest absolute Gasteiger partial charge is 0.433 e. The van der Waals surface area contributed by atoms with Crippen molar-refractivity contribution in [2.24, 2.45) is 0 Å². The molecule has 0 bridgehead atoms. The molecule has 2 aromatic rings. The molecule has 0 saturated carbocycles. The summed E-state index contributed by atoms with van der Waals surface area (Å²) in [5.41, 5.74) is 0.225. The standard InChI is InChI=1S/C16H21F3N6/c1-12-9-22-25(10-12)7-6-24-4-2-13(3-5-24)23-15-8-14(16(17,18)19)20-11-21-15/h8-11,13H,2-7H2,1H3,(H,20,21,23). The molecule has 9 heteroatoms. The van der Waals surface area contributed by atoms with Crippen LogP contribution in [0.4, 0.5) is 19.0 Å². The Bertz CT molecular complexity index is 691. The zero-order chi connectivity index (χ0) is 17.9. The van der Waals surface area contributed by atoms with Crippen LogP contribution in [0.25, 0.3) is 0 Å². The van der Waals surface area contributed by atoms with Crippen LogP contribution in [0.3, 0.4) is 0 Å². The van der Waals surface area contributed by atoms with Gasteiger partial charge in [-0.25, -0.2) is 9.97 Å². The minimum atomic E-state index is -4.45. The molecule has 1 fully saturated rings. The number of piperidine rings is 1. The van der Waals surface area contributed by atoms with Gasteiger partial charge in [-0.1, -0.05) is 0 Å². The lowest BCUT2D eigenvalue weighted by atomic mass is 10.1. The summed E-state index contributed by atoms with van der Waals surface area (Å²) in [4.78, 5) is 9.52. The molecule has 0 unspecified atom stereocenters. The van der Waals surface area contributed by atoms with Crippen LogP contribution < -0.4 is 5.32 Å². The van der Waals surface area contributed by atoms with Crippen LogP contribution in [0, 0.1) is 6.92 Å². The zero-order valence-electron chi connectivity index (χ0n) is 14.0. The molecule has 1 saturated heterocycles. The van der Waals surface area contributed by atoms with E-state index in [9.17, 15) is 13.2 Å². The van der Waals surface area contributed by atoms with Gasteiger partial charge in [-0.15, -0.1) is 0 Å². The number of nitrogens with one attached hydrogen (secondary N) is 1. The van der Waals surface area contributed by atoms with E-state index in [0.29, 0.717) is 0 Å². The first-order valence-electron chi connectivity index (χ1n) is 8.27. The summed E-state index contributed by atoms with van der Waals surface area (Å²) in [6.45, 7) is 5.56. The van der Waals surface area contributed by atoms with E-state index in [-0.39, 0.29) is 11.9 Å². The Morgan fingerprint density at radius 3 is 2.60 bits per heavy atom. The Kier molecular flexibility index (Phi) is 5.22. The third-order valence-electron chi connectivity index (χ3n) is 4.30. The first kappa shape index (κ1) is 17.7. The molecule has 136 valence electrons. The lowest BCUT2D eigenvalue weighted by Gasteiger charge is -2.32. The van der Waals surface area contributed by atoms with E-state index in [2.05, 4.69) is 25.3 Å². The SMILES string of the molecule is Cc1cnn(CCN2CCC(Nc3cc(C(F)(F)F)ncn3)CC2)c1. The van der Waals surface area contributed by atoms with Gasteiger partial charge in [0.15, 0.2) is 0 Å². The number of halogens is 3. The smallest absolute Gasteiger partial charge is 0.367 e. The number of likely N-dealkylation sites (tertiary alicyclic amines) is 1. The predicted molar refractivity (Wildman–Crippen MR) is 87.1 cm³/mol. The Morgan fingerprint density at radius 1 is 1.20 bits per heavy atom. The van der Waals surface area contributed by atoms with Crippen molar-refractivity contribution in [1.29, 1.82) is 0 Å². The van der Waals surface area contributed by atoms with Crippen LogP contribution in [0.2, 0.25) is 0 Å². The van der Waals surface area contributed by atoms with Crippen LogP contribution in [-0.4, -0.2) is 50.3 Å². The number of rotatable bonds is 5. The van der Waals surface area contributed by atoms with E-state index >= 15 is 0 Å². The van der Waals surface area contributed by atoms with Crippen molar-refractivity contribution in [3.05, 3.63) is 36.0 Å². The fraction of sp³-hybridized carbons (Fsp3) is 0.562. The molecular formula is C16H21F3N6. The highest BCUT2D eigenvalue weighted by Gasteiger charge is 2.33. The molecular weight excluding hydrogens is 333 g/mol. The van der Waals surface area contributed by atoms with E-state index < -0.39 is 11.9 Å². The van der Waals surface area contributed by atoms with E-state index in [1.54, 1.807) is 0 Å². The predicted octanol–water partition coefficient (Wildman–Crippen LogP) is 2.58. The first-order chi connectivity index (χ1) is 11.9. The summed E-state index contributed by atoms with van der Waals surface area (Å²) in [5, 5.41) is 7.37. The zero-order valence-corrected chi connectivity index (χ0v) is 14.0. The summed E-state index contributed by atoms with van der Waals surface area (Å²) in [7, 11) is 0.